The maximum atomic E-state index is 11.7. The molecule has 3 N–H and O–H groups in total. The molecule has 1 aliphatic heterocycles. The number of nitrogens with zero attached hydrogens (tertiary/aromatic N) is 1. The monoisotopic (exact) mass is 227 g/mol. The molecule has 1 fully saturated rings. The van der Waals surface area contributed by atoms with Gasteiger partial charge in [-0.2, -0.15) is 0 Å². The summed E-state index contributed by atoms with van der Waals surface area (Å²) in [5.41, 5.74) is 5.86. The Morgan fingerprint density at radius 1 is 1.62 bits per heavy atom. The van der Waals surface area contributed by atoms with E-state index in [0.29, 0.717) is 5.92 Å². The summed E-state index contributed by atoms with van der Waals surface area (Å²) in [4.78, 5) is 14.0. The summed E-state index contributed by atoms with van der Waals surface area (Å²) in [6, 6.07) is -0.357. The highest BCUT2D eigenvalue weighted by Crippen LogP contribution is 2.13. The molecule has 0 aromatic rings. The number of carbonyl (C=O) groups excluding carboxylic acids is 1. The first kappa shape index (κ1) is 13.5. The van der Waals surface area contributed by atoms with Crippen molar-refractivity contribution in [1.29, 1.82) is 0 Å². The molecule has 1 rings (SSSR count). The Balaban J connectivity index is 2.24. The van der Waals surface area contributed by atoms with Gasteiger partial charge in [-0.1, -0.05) is 20.3 Å². The summed E-state index contributed by atoms with van der Waals surface area (Å²) in [6.07, 6.45) is 2.12. The summed E-state index contributed by atoms with van der Waals surface area (Å²) in [6.45, 7) is 7.07. The molecule has 4 heteroatoms. The van der Waals surface area contributed by atoms with Crippen molar-refractivity contribution in [2.75, 3.05) is 26.7 Å². The molecule has 0 saturated carbocycles. The number of rotatable bonds is 5. The molecule has 1 saturated heterocycles. The van der Waals surface area contributed by atoms with Gasteiger partial charge < -0.3 is 16.0 Å². The van der Waals surface area contributed by atoms with E-state index in [2.05, 4.69) is 24.2 Å². The molecule has 94 valence electrons. The number of carbonyl (C=O) groups is 1. The van der Waals surface area contributed by atoms with Crippen LogP contribution in [0.4, 0.5) is 0 Å². The molecule has 0 radical (unpaired) electrons. The maximum Gasteiger partial charge on any atom is 0.237 e. The molecule has 3 unspecified atom stereocenters. The van der Waals surface area contributed by atoms with Crippen LogP contribution >= 0.6 is 0 Å². The summed E-state index contributed by atoms with van der Waals surface area (Å²) in [5.74, 6) is 0.855. The van der Waals surface area contributed by atoms with Crippen LogP contribution in [0.3, 0.4) is 0 Å². The van der Waals surface area contributed by atoms with Gasteiger partial charge in [0.15, 0.2) is 0 Å². The van der Waals surface area contributed by atoms with E-state index in [1.165, 1.54) is 6.42 Å². The molecule has 0 aliphatic carbocycles. The summed E-state index contributed by atoms with van der Waals surface area (Å²) in [7, 11) is 2.12. The fourth-order valence-corrected chi connectivity index (χ4v) is 2.07. The third-order valence-electron chi connectivity index (χ3n) is 3.61. The smallest absolute Gasteiger partial charge is 0.237 e. The van der Waals surface area contributed by atoms with Gasteiger partial charge in [-0.15, -0.1) is 0 Å². The van der Waals surface area contributed by atoms with Crippen molar-refractivity contribution >= 4 is 5.91 Å². The van der Waals surface area contributed by atoms with Crippen LogP contribution in [-0.4, -0.2) is 43.5 Å². The van der Waals surface area contributed by atoms with Crippen molar-refractivity contribution in [3.05, 3.63) is 0 Å². The van der Waals surface area contributed by atoms with E-state index in [-0.39, 0.29) is 17.9 Å². The third kappa shape index (κ3) is 3.76. The first-order valence-corrected chi connectivity index (χ1v) is 6.26. The Bertz CT molecular complexity index is 232. The van der Waals surface area contributed by atoms with Crippen LogP contribution in [0.2, 0.25) is 0 Å². The van der Waals surface area contributed by atoms with Gasteiger partial charge in [-0.25, -0.2) is 0 Å². The molecule has 3 atom stereocenters. The minimum Gasteiger partial charge on any atom is -0.354 e. The van der Waals surface area contributed by atoms with Gasteiger partial charge >= 0.3 is 0 Å². The lowest BCUT2D eigenvalue weighted by atomic mass is 9.99. The minimum atomic E-state index is -0.357. The Labute approximate surface area is 98.6 Å². The predicted molar refractivity (Wildman–Crippen MR) is 66.0 cm³/mol. The molecule has 16 heavy (non-hydrogen) atoms. The van der Waals surface area contributed by atoms with Crippen molar-refractivity contribution in [2.24, 2.45) is 17.6 Å². The lowest BCUT2D eigenvalue weighted by molar-refractivity contribution is -0.123. The fraction of sp³-hybridized carbons (Fsp3) is 0.917. The first-order chi connectivity index (χ1) is 7.54. The Kier molecular flexibility index (Phi) is 5.22. The molecule has 4 nitrogen and oxygen atoms in total. The van der Waals surface area contributed by atoms with Gasteiger partial charge in [-0.05, 0) is 31.8 Å². The lowest BCUT2D eigenvalue weighted by Crippen LogP contribution is -2.46. The molecule has 1 heterocycles. The van der Waals surface area contributed by atoms with Crippen LogP contribution in [0, 0.1) is 11.8 Å². The number of nitrogens with two attached hydrogens (primary N) is 1. The number of nitrogens with one attached hydrogen (secondary N) is 1. The van der Waals surface area contributed by atoms with E-state index in [9.17, 15) is 4.79 Å². The zero-order chi connectivity index (χ0) is 12.1. The fourth-order valence-electron chi connectivity index (χ4n) is 2.07. The maximum absolute atomic E-state index is 11.7. The van der Waals surface area contributed by atoms with Crippen molar-refractivity contribution in [2.45, 2.75) is 32.7 Å². The van der Waals surface area contributed by atoms with E-state index >= 15 is 0 Å². The molecule has 0 aromatic heterocycles. The first-order valence-electron chi connectivity index (χ1n) is 6.26. The van der Waals surface area contributed by atoms with E-state index in [1.807, 2.05) is 6.92 Å². The summed E-state index contributed by atoms with van der Waals surface area (Å²) >= 11 is 0. The van der Waals surface area contributed by atoms with Gasteiger partial charge in [0.05, 0.1) is 6.04 Å². The van der Waals surface area contributed by atoms with Gasteiger partial charge in [-0.3, -0.25) is 4.79 Å². The number of likely N-dealkylation sites (tertiary alicyclic amines) is 1. The molecule has 0 spiro atoms. The van der Waals surface area contributed by atoms with Crippen LogP contribution in [0.5, 0.6) is 0 Å². The van der Waals surface area contributed by atoms with Crippen LogP contribution in [-0.2, 0) is 4.79 Å². The average molecular weight is 227 g/mol. The largest absolute Gasteiger partial charge is 0.354 e. The second-order valence-electron chi connectivity index (χ2n) is 5.07. The normalized spacial score (nSPS) is 25.4. The number of hydrogen-bond donors (Lipinski definition) is 2. The van der Waals surface area contributed by atoms with Crippen molar-refractivity contribution in [1.82, 2.24) is 10.2 Å². The summed E-state index contributed by atoms with van der Waals surface area (Å²) in [5, 5.41) is 2.97. The van der Waals surface area contributed by atoms with Gasteiger partial charge in [0, 0.05) is 13.1 Å². The zero-order valence-electron chi connectivity index (χ0n) is 10.7. The second-order valence-corrected chi connectivity index (χ2v) is 5.07. The van der Waals surface area contributed by atoms with Crippen LogP contribution in [0.25, 0.3) is 0 Å². The molecule has 1 amide bonds. The van der Waals surface area contributed by atoms with Gasteiger partial charge in [0.25, 0.3) is 0 Å². The highest BCUT2D eigenvalue weighted by Gasteiger charge is 2.23. The minimum absolute atomic E-state index is 0.00361. The highest BCUT2D eigenvalue weighted by atomic mass is 16.2. The van der Waals surface area contributed by atoms with E-state index in [0.717, 1.165) is 26.1 Å². The van der Waals surface area contributed by atoms with E-state index < -0.39 is 0 Å². The Hall–Kier alpha value is -0.610. The zero-order valence-corrected chi connectivity index (χ0v) is 10.7. The summed E-state index contributed by atoms with van der Waals surface area (Å²) < 4.78 is 0. The third-order valence-corrected chi connectivity index (χ3v) is 3.61. The van der Waals surface area contributed by atoms with Crippen molar-refractivity contribution in [3.8, 4) is 0 Å². The molecule has 1 aliphatic rings. The number of hydrogen-bond acceptors (Lipinski definition) is 3. The van der Waals surface area contributed by atoms with Gasteiger partial charge in [0.2, 0.25) is 5.91 Å². The quantitative estimate of drug-likeness (QED) is 0.716. The highest BCUT2D eigenvalue weighted by molar-refractivity contribution is 5.81. The number of amides is 1. The average Bonchev–Trinajstić information content (AvgIpc) is 2.69. The van der Waals surface area contributed by atoms with Crippen molar-refractivity contribution < 1.29 is 4.79 Å². The topological polar surface area (TPSA) is 58.4 Å². The molecule has 0 aromatic carbocycles. The van der Waals surface area contributed by atoms with Crippen LogP contribution < -0.4 is 11.1 Å². The van der Waals surface area contributed by atoms with Crippen molar-refractivity contribution in [3.63, 3.8) is 0 Å². The van der Waals surface area contributed by atoms with E-state index in [1.54, 1.807) is 0 Å². The predicted octanol–water partition coefficient (Wildman–Crippen LogP) is 0.428. The van der Waals surface area contributed by atoms with Gasteiger partial charge in [0.1, 0.15) is 0 Å². The Morgan fingerprint density at radius 3 is 2.81 bits per heavy atom. The standard InChI is InChI=1S/C12H25N3O/c1-4-9(2)11(13)12(16)14-7-10-5-6-15(3)8-10/h9-11H,4-8,13H2,1-3H3,(H,14,16). The van der Waals surface area contributed by atoms with Crippen LogP contribution in [0.1, 0.15) is 26.7 Å². The van der Waals surface area contributed by atoms with E-state index in [4.69, 9.17) is 5.73 Å². The second kappa shape index (κ2) is 6.21. The molecular formula is C12H25N3O. The lowest BCUT2D eigenvalue weighted by Gasteiger charge is -2.19. The molecule has 0 bridgehead atoms. The Morgan fingerprint density at radius 2 is 2.31 bits per heavy atom. The van der Waals surface area contributed by atoms with Crippen LogP contribution in [0.15, 0.2) is 0 Å². The molecular weight excluding hydrogens is 202 g/mol. The SMILES string of the molecule is CCC(C)C(N)C(=O)NCC1CCN(C)C1.